The third kappa shape index (κ3) is 5.95. The number of anilines is 1. The second-order valence-corrected chi connectivity index (χ2v) is 12.8. The van der Waals surface area contributed by atoms with Crippen molar-refractivity contribution in [3.8, 4) is 0 Å². The molecule has 11 heteroatoms. The van der Waals surface area contributed by atoms with Gasteiger partial charge < -0.3 is 19.5 Å². The molecule has 0 bridgehead atoms. The molecule has 1 N–H and O–H groups in total. The van der Waals surface area contributed by atoms with E-state index in [4.69, 9.17) is 9.72 Å². The second kappa shape index (κ2) is 11.2. The molecule has 218 valence electrons. The van der Waals surface area contributed by atoms with Crippen LogP contribution in [0.5, 0.6) is 0 Å². The van der Waals surface area contributed by atoms with Gasteiger partial charge in [0.25, 0.3) is 5.56 Å². The van der Waals surface area contributed by atoms with E-state index in [1.54, 1.807) is 18.4 Å². The van der Waals surface area contributed by atoms with Crippen LogP contribution in [0.2, 0.25) is 0 Å². The Labute approximate surface area is 242 Å². The molecule has 0 radical (unpaired) electrons. The largest absolute Gasteiger partial charge is 0.444 e. The SMILES string of the molecule is CC(C)=CCn1c(N2CCCC(NC(=O)OC(C)(C)C)C2)nc2c1c(=O)n(Cc1csc3ccccc13)c(=O)n2C. The van der Waals surface area contributed by atoms with E-state index in [-0.39, 0.29) is 18.1 Å². The number of ether oxygens (including phenoxy) is 1. The van der Waals surface area contributed by atoms with Gasteiger partial charge in [0.2, 0.25) is 5.95 Å². The number of aryl methyl sites for hydroxylation is 1. The summed E-state index contributed by atoms with van der Waals surface area (Å²) in [6.45, 7) is 11.4. The first-order valence-electron chi connectivity index (χ1n) is 14.0. The molecule has 1 aliphatic rings. The molecule has 41 heavy (non-hydrogen) atoms. The monoisotopic (exact) mass is 578 g/mol. The summed E-state index contributed by atoms with van der Waals surface area (Å²) in [6.07, 6.45) is 3.24. The van der Waals surface area contributed by atoms with Gasteiger partial charge in [0, 0.05) is 37.4 Å². The molecule has 4 heterocycles. The molecule has 1 fully saturated rings. The van der Waals surface area contributed by atoms with Crippen LogP contribution in [0.15, 0.2) is 50.9 Å². The molecule has 1 unspecified atom stereocenters. The Bertz CT molecular complexity index is 1750. The Morgan fingerprint density at radius 1 is 1.20 bits per heavy atom. The Hall–Kier alpha value is -3.86. The Balaban J connectivity index is 1.56. The number of thiophene rings is 1. The number of aromatic nitrogens is 4. The minimum absolute atomic E-state index is 0.136. The number of benzene rings is 1. The third-order valence-corrected chi connectivity index (χ3v) is 8.22. The summed E-state index contributed by atoms with van der Waals surface area (Å²) in [5.41, 5.74) is 1.44. The molecule has 1 atom stereocenters. The topological polar surface area (TPSA) is 103 Å². The molecule has 1 amide bonds. The molecule has 3 aromatic heterocycles. The van der Waals surface area contributed by atoms with Crippen LogP contribution in [0.1, 0.15) is 53.0 Å². The number of nitrogens with one attached hydrogen (secondary N) is 1. The van der Waals surface area contributed by atoms with Crippen LogP contribution in [0, 0.1) is 0 Å². The predicted octanol–water partition coefficient (Wildman–Crippen LogP) is 4.62. The highest BCUT2D eigenvalue weighted by molar-refractivity contribution is 7.17. The number of fused-ring (bicyclic) bond motifs is 2. The average molecular weight is 579 g/mol. The quantitative estimate of drug-likeness (QED) is 0.335. The lowest BCUT2D eigenvalue weighted by Crippen LogP contribution is -2.49. The fraction of sp³-hybridized carbons (Fsp3) is 0.467. The molecule has 0 spiro atoms. The number of carbonyl (C=O) groups is 1. The van der Waals surface area contributed by atoms with Crippen LogP contribution in [0.3, 0.4) is 0 Å². The maximum atomic E-state index is 14.0. The van der Waals surface area contributed by atoms with E-state index in [2.05, 4.69) is 10.2 Å². The van der Waals surface area contributed by atoms with Crippen LogP contribution in [-0.4, -0.2) is 49.5 Å². The normalized spacial score (nSPS) is 15.9. The highest BCUT2D eigenvalue weighted by atomic mass is 32.1. The Morgan fingerprint density at radius 3 is 2.68 bits per heavy atom. The number of piperidine rings is 1. The van der Waals surface area contributed by atoms with Gasteiger partial charge in [0.15, 0.2) is 11.2 Å². The Kier molecular flexibility index (Phi) is 7.83. The number of hydrogen-bond donors (Lipinski definition) is 1. The van der Waals surface area contributed by atoms with E-state index in [1.165, 1.54) is 9.13 Å². The van der Waals surface area contributed by atoms with Gasteiger partial charge in [-0.2, -0.15) is 4.98 Å². The molecule has 0 saturated carbocycles. The molecule has 1 saturated heterocycles. The molecule has 1 aromatic carbocycles. The molecule has 5 rings (SSSR count). The van der Waals surface area contributed by atoms with Gasteiger partial charge in [0.05, 0.1) is 6.54 Å². The average Bonchev–Trinajstić information content (AvgIpc) is 3.49. The molecule has 1 aliphatic heterocycles. The zero-order valence-electron chi connectivity index (χ0n) is 24.6. The van der Waals surface area contributed by atoms with Crippen molar-refractivity contribution in [2.24, 2.45) is 7.05 Å². The zero-order valence-corrected chi connectivity index (χ0v) is 25.4. The van der Waals surface area contributed by atoms with Crippen molar-refractivity contribution in [1.82, 2.24) is 24.0 Å². The summed E-state index contributed by atoms with van der Waals surface area (Å²) in [7, 11) is 1.66. The zero-order chi connectivity index (χ0) is 29.5. The Morgan fingerprint density at radius 2 is 1.95 bits per heavy atom. The maximum absolute atomic E-state index is 14.0. The number of hydrogen-bond acceptors (Lipinski definition) is 7. The van der Waals surface area contributed by atoms with Crippen LogP contribution in [0.25, 0.3) is 21.3 Å². The molecule has 4 aromatic rings. The molecular weight excluding hydrogens is 540 g/mol. The van der Waals surface area contributed by atoms with Gasteiger partial charge in [0.1, 0.15) is 5.60 Å². The van der Waals surface area contributed by atoms with Gasteiger partial charge in [-0.1, -0.05) is 29.8 Å². The number of alkyl carbamates (subject to hydrolysis) is 1. The van der Waals surface area contributed by atoms with Crippen molar-refractivity contribution >= 4 is 44.6 Å². The van der Waals surface area contributed by atoms with Crippen molar-refractivity contribution in [2.75, 3.05) is 18.0 Å². The van der Waals surface area contributed by atoms with Gasteiger partial charge >= 0.3 is 11.8 Å². The number of rotatable bonds is 6. The van der Waals surface area contributed by atoms with Crippen molar-refractivity contribution in [1.29, 1.82) is 0 Å². The number of imidazole rings is 1. The smallest absolute Gasteiger partial charge is 0.407 e. The fourth-order valence-electron chi connectivity index (χ4n) is 5.26. The molecular formula is C30H38N6O4S. The van der Waals surface area contributed by atoms with Crippen molar-refractivity contribution < 1.29 is 9.53 Å². The standard InChI is InChI=1S/C30H38N6O4S/c1-19(2)13-15-35-24-25(32-27(35)34-14-9-10-21(17-34)31-28(38)40-30(3,4)5)33(6)29(39)36(26(24)37)16-20-18-41-23-12-8-7-11-22(20)23/h7-8,11-13,18,21H,9-10,14-17H2,1-6H3,(H,31,38). The van der Waals surface area contributed by atoms with Gasteiger partial charge in [-0.25, -0.2) is 9.59 Å². The molecule has 10 nitrogen and oxygen atoms in total. The van der Waals surface area contributed by atoms with Crippen molar-refractivity contribution in [3.05, 3.63) is 67.7 Å². The van der Waals surface area contributed by atoms with Gasteiger partial charge in [-0.3, -0.25) is 13.9 Å². The lowest BCUT2D eigenvalue weighted by Gasteiger charge is -2.34. The van der Waals surface area contributed by atoms with Crippen molar-refractivity contribution in [3.63, 3.8) is 0 Å². The molecule has 0 aliphatic carbocycles. The minimum atomic E-state index is -0.587. The fourth-order valence-corrected chi connectivity index (χ4v) is 6.22. The summed E-state index contributed by atoms with van der Waals surface area (Å²) in [6, 6.07) is 7.87. The summed E-state index contributed by atoms with van der Waals surface area (Å²) in [5.74, 6) is 0.610. The predicted molar refractivity (Wildman–Crippen MR) is 164 cm³/mol. The maximum Gasteiger partial charge on any atom is 0.407 e. The first kappa shape index (κ1) is 28.7. The minimum Gasteiger partial charge on any atom is -0.444 e. The first-order valence-corrected chi connectivity index (χ1v) is 14.8. The van der Waals surface area contributed by atoms with Crippen LogP contribution < -0.4 is 21.5 Å². The first-order chi connectivity index (χ1) is 19.4. The van der Waals surface area contributed by atoms with E-state index in [0.717, 1.165) is 34.1 Å². The summed E-state index contributed by atoms with van der Waals surface area (Å²) in [5, 5.41) is 6.04. The van der Waals surface area contributed by atoms with E-state index >= 15 is 0 Å². The van der Waals surface area contributed by atoms with Gasteiger partial charge in [-0.15, -0.1) is 11.3 Å². The summed E-state index contributed by atoms with van der Waals surface area (Å²) in [4.78, 5) is 47.0. The van der Waals surface area contributed by atoms with E-state index < -0.39 is 17.4 Å². The van der Waals surface area contributed by atoms with E-state index in [1.807, 2.05) is 74.9 Å². The van der Waals surface area contributed by atoms with Crippen LogP contribution in [-0.2, 0) is 24.9 Å². The third-order valence-electron chi connectivity index (χ3n) is 7.21. The van der Waals surface area contributed by atoms with Crippen LogP contribution >= 0.6 is 11.3 Å². The number of carbonyl (C=O) groups excluding carboxylic acids is 1. The highest BCUT2D eigenvalue weighted by Gasteiger charge is 2.29. The van der Waals surface area contributed by atoms with E-state index in [9.17, 15) is 14.4 Å². The lowest BCUT2D eigenvalue weighted by atomic mass is 10.1. The van der Waals surface area contributed by atoms with Crippen molar-refractivity contribution in [2.45, 2.75) is 72.2 Å². The highest BCUT2D eigenvalue weighted by Crippen LogP contribution is 2.27. The summed E-state index contributed by atoms with van der Waals surface area (Å²) >= 11 is 1.60. The number of allylic oxidation sites excluding steroid dienone is 2. The van der Waals surface area contributed by atoms with Crippen LogP contribution in [0.4, 0.5) is 10.7 Å². The van der Waals surface area contributed by atoms with E-state index in [0.29, 0.717) is 36.7 Å². The second-order valence-electron chi connectivity index (χ2n) is 11.9. The van der Waals surface area contributed by atoms with Gasteiger partial charge in [-0.05, 0) is 69.9 Å². The summed E-state index contributed by atoms with van der Waals surface area (Å²) < 4.78 is 11.3. The lowest BCUT2D eigenvalue weighted by molar-refractivity contribution is 0.0499. The number of nitrogens with zero attached hydrogens (tertiary/aromatic N) is 5. The number of amides is 1.